The Hall–Kier alpha value is -2.47. The van der Waals surface area contributed by atoms with Crippen LogP contribution in [0.3, 0.4) is 0 Å². The van der Waals surface area contributed by atoms with Crippen LogP contribution in [0.5, 0.6) is 0 Å². The molecule has 22 heavy (non-hydrogen) atoms. The summed E-state index contributed by atoms with van der Waals surface area (Å²) in [5.74, 6) is 0.170. The van der Waals surface area contributed by atoms with Crippen molar-refractivity contribution in [2.24, 2.45) is 0 Å². The highest BCUT2D eigenvalue weighted by Crippen LogP contribution is 2.06. The van der Waals surface area contributed by atoms with Gasteiger partial charge in [-0.05, 0) is 29.8 Å². The number of rotatable bonds is 7. The van der Waals surface area contributed by atoms with E-state index in [1.54, 1.807) is 31.4 Å². The van der Waals surface area contributed by atoms with Gasteiger partial charge in [-0.3, -0.25) is 4.79 Å². The lowest BCUT2D eigenvalue weighted by atomic mass is 10.2. The maximum atomic E-state index is 12.8. The lowest BCUT2D eigenvalue weighted by Crippen LogP contribution is -2.23. The summed E-state index contributed by atoms with van der Waals surface area (Å²) in [5, 5.41) is 5.84. The van der Waals surface area contributed by atoms with Crippen LogP contribution in [0.1, 0.15) is 15.9 Å². The van der Waals surface area contributed by atoms with Crippen molar-refractivity contribution in [3.8, 4) is 0 Å². The molecule has 5 nitrogen and oxygen atoms in total. The average Bonchev–Trinajstić information content (AvgIpc) is 2.55. The highest BCUT2D eigenvalue weighted by Gasteiger charge is 2.06. The van der Waals surface area contributed by atoms with Gasteiger partial charge in [0.1, 0.15) is 11.6 Å². The van der Waals surface area contributed by atoms with E-state index in [0.29, 0.717) is 31.1 Å². The molecule has 0 saturated heterocycles. The molecule has 1 amide bonds. The zero-order valence-corrected chi connectivity index (χ0v) is 12.3. The lowest BCUT2D eigenvalue weighted by molar-refractivity contribution is 0.0950. The largest absolute Gasteiger partial charge is 0.383 e. The van der Waals surface area contributed by atoms with Crippen LogP contribution in [-0.4, -0.2) is 31.2 Å². The van der Waals surface area contributed by atoms with E-state index in [2.05, 4.69) is 15.6 Å². The van der Waals surface area contributed by atoms with Crippen molar-refractivity contribution in [2.45, 2.75) is 6.54 Å². The Kier molecular flexibility index (Phi) is 5.85. The second-order valence-electron chi connectivity index (χ2n) is 4.66. The average molecular weight is 303 g/mol. The lowest BCUT2D eigenvalue weighted by Gasteiger charge is -2.07. The Balaban J connectivity index is 1.85. The van der Waals surface area contributed by atoms with Gasteiger partial charge >= 0.3 is 0 Å². The fourth-order valence-corrected chi connectivity index (χ4v) is 1.80. The molecule has 1 aromatic heterocycles. The number of benzene rings is 1. The number of aromatic nitrogens is 1. The smallest absolute Gasteiger partial charge is 0.253 e. The number of carbonyl (C=O) groups is 1. The molecule has 0 fully saturated rings. The number of halogens is 1. The predicted octanol–water partition coefficient (Wildman–Crippen LogP) is 2.21. The van der Waals surface area contributed by atoms with E-state index < -0.39 is 0 Å². The number of carbonyl (C=O) groups excluding carboxylic acids is 1. The monoisotopic (exact) mass is 303 g/mol. The van der Waals surface area contributed by atoms with Crippen molar-refractivity contribution in [1.29, 1.82) is 0 Å². The molecule has 0 saturated carbocycles. The molecule has 2 N–H and O–H groups in total. The minimum Gasteiger partial charge on any atom is -0.383 e. The maximum Gasteiger partial charge on any atom is 0.253 e. The van der Waals surface area contributed by atoms with Crippen LogP contribution in [0.15, 0.2) is 42.6 Å². The highest BCUT2D eigenvalue weighted by molar-refractivity contribution is 5.93. The van der Waals surface area contributed by atoms with Gasteiger partial charge in [0, 0.05) is 26.4 Å². The fourth-order valence-electron chi connectivity index (χ4n) is 1.80. The van der Waals surface area contributed by atoms with Gasteiger partial charge in [0.25, 0.3) is 5.91 Å². The van der Waals surface area contributed by atoms with Gasteiger partial charge in [0.05, 0.1) is 12.2 Å². The molecule has 0 aliphatic rings. The van der Waals surface area contributed by atoms with Gasteiger partial charge < -0.3 is 15.4 Å². The summed E-state index contributed by atoms with van der Waals surface area (Å²) >= 11 is 0. The van der Waals surface area contributed by atoms with Crippen molar-refractivity contribution in [1.82, 2.24) is 10.3 Å². The van der Waals surface area contributed by atoms with Crippen molar-refractivity contribution in [3.05, 3.63) is 59.5 Å². The maximum absolute atomic E-state index is 12.8. The van der Waals surface area contributed by atoms with Crippen LogP contribution in [0, 0.1) is 5.82 Å². The first-order chi connectivity index (χ1) is 10.7. The second kappa shape index (κ2) is 8.09. The van der Waals surface area contributed by atoms with Gasteiger partial charge in [-0.15, -0.1) is 0 Å². The Bertz CT molecular complexity index is 600. The molecule has 116 valence electrons. The molecular weight excluding hydrogens is 285 g/mol. The minimum atomic E-state index is -0.296. The number of methoxy groups -OCH3 is 1. The second-order valence-corrected chi connectivity index (χ2v) is 4.66. The molecule has 2 rings (SSSR count). The van der Waals surface area contributed by atoms with E-state index in [4.69, 9.17) is 4.74 Å². The van der Waals surface area contributed by atoms with E-state index in [0.717, 1.165) is 5.56 Å². The molecule has 0 unspecified atom stereocenters. The zero-order valence-electron chi connectivity index (χ0n) is 12.3. The topological polar surface area (TPSA) is 63.2 Å². The van der Waals surface area contributed by atoms with Crippen molar-refractivity contribution in [3.63, 3.8) is 0 Å². The van der Waals surface area contributed by atoms with Crippen LogP contribution in [0.25, 0.3) is 0 Å². The van der Waals surface area contributed by atoms with E-state index in [-0.39, 0.29) is 11.7 Å². The van der Waals surface area contributed by atoms with E-state index in [1.165, 1.54) is 18.3 Å². The quantitative estimate of drug-likeness (QED) is 0.770. The van der Waals surface area contributed by atoms with Crippen LogP contribution in [-0.2, 0) is 11.3 Å². The summed E-state index contributed by atoms with van der Waals surface area (Å²) in [6.45, 7) is 1.58. The number of anilines is 1. The molecule has 0 aliphatic heterocycles. The number of hydrogen-bond donors (Lipinski definition) is 2. The SMILES string of the molecule is COCCNc1ccc(C(=O)NCc2ccc(F)cc2)cn1. The molecule has 6 heteroatoms. The molecule has 0 aliphatic carbocycles. The summed E-state index contributed by atoms with van der Waals surface area (Å²) in [6, 6.07) is 9.44. The van der Waals surface area contributed by atoms with Crippen LogP contribution >= 0.6 is 0 Å². The highest BCUT2D eigenvalue weighted by atomic mass is 19.1. The van der Waals surface area contributed by atoms with Gasteiger partial charge in [0.2, 0.25) is 0 Å². The molecule has 2 aromatic rings. The van der Waals surface area contributed by atoms with Crippen LogP contribution in [0.2, 0.25) is 0 Å². The number of nitrogens with zero attached hydrogens (tertiary/aromatic N) is 1. The van der Waals surface area contributed by atoms with Crippen LogP contribution < -0.4 is 10.6 Å². The molecular formula is C16H18FN3O2. The van der Waals surface area contributed by atoms with Gasteiger partial charge in [-0.25, -0.2) is 9.37 Å². The van der Waals surface area contributed by atoms with E-state index >= 15 is 0 Å². The standard InChI is InChI=1S/C16H18FN3O2/c1-22-9-8-18-15-7-4-13(11-19-15)16(21)20-10-12-2-5-14(17)6-3-12/h2-7,11H,8-10H2,1H3,(H,18,19)(H,20,21). The Morgan fingerprint density at radius 2 is 2.00 bits per heavy atom. The summed E-state index contributed by atoms with van der Waals surface area (Å²) in [5.41, 5.74) is 1.31. The molecule has 1 heterocycles. The van der Waals surface area contributed by atoms with Crippen molar-refractivity contribution in [2.75, 3.05) is 25.6 Å². The molecule has 0 bridgehead atoms. The summed E-state index contributed by atoms with van der Waals surface area (Å²) in [7, 11) is 1.63. The predicted molar refractivity (Wildman–Crippen MR) is 82.2 cm³/mol. The number of pyridine rings is 1. The van der Waals surface area contributed by atoms with Crippen molar-refractivity contribution < 1.29 is 13.9 Å². The fraction of sp³-hybridized carbons (Fsp3) is 0.250. The minimum absolute atomic E-state index is 0.222. The normalized spacial score (nSPS) is 10.3. The first-order valence-corrected chi connectivity index (χ1v) is 6.90. The molecule has 0 radical (unpaired) electrons. The zero-order chi connectivity index (χ0) is 15.8. The van der Waals surface area contributed by atoms with E-state index in [9.17, 15) is 9.18 Å². The first-order valence-electron chi connectivity index (χ1n) is 6.90. The van der Waals surface area contributed by atoms with Crippen molar-refractivity contribution >= 4 is 11.7 Å². The number of ether oxygens (including phenoxy) is 1. The third kappa shape index (κ3) is 4.82. The molecule has 0 atom stereocenters. The Morgan fingerprint density at radius 3 is 2.64 bits per heavy atom. The van der Waals surface area contributed by atoms with Gasteiger partial charge in [-0.1, -0.05) is 12.1 Å². The summed E-state index contributed by atoms with van der Waals surface area (Å²) in [6.07, 6.45) is 1.51. The summed E-state index contributed by atoms with van der Waals surface area (Å²) < 4.78 is 17.7. The number of hydrogen-bond acceptors (Lipinski definition) is 4. The Labute approximate surface area is 128 Å². The van der Waals surface area contributed by atoms with Gasteiger partial charge in [0.15, 0.2) is 0 Å². The summed E-state index contributed by atoms with van der Waals surface area (Å²) in [4.78, 5) is 16.2. The molecule has 0 spiro atoms. The van der Waals surface area contributed by atoms with Crippen LogP contribution in [0.4, 0.5) is 10.2 Å². The van der Waals surface area contributed by atoms with E-state index in [1.807, 2.05) is 0 Å². The Morgan fingerprint density at radius 1 is 1.23 bits per heavy atom. The number of nitrogens with one attached hydrogen (secondary N) is 2. The third-order valence-corrected chi connectivity index (χ3v) is 3.00. The third-order valence-electron chi connectivity index (χ3n) is 3.00. The van der Waals surface area contributed by atoms with Gasteiger partial charge in [-0.2, -0.15) is 0 Å². The number of amides is 1. The molecule has 1 aromatic carbocycles. The first kappa shape index (κ1) is 15.9.